The number of halogens is 1. The van der Waals surface area contributed by atoms with Crippen LogP contribution in [0.4, 0.5) is 0 Å². The largest absolute Gasteiger partial charge is 0.297 e. The van der Waals surface area contributed by atoms with Crippen LogP contribution in [-0.4, -0.2) is 26.1 Å². The lowest BCUT2D eigenvalue weighted by molar-refractivity contribution is -0.116. The Labute approximate surface area is 158 Å². The molecule has 1 atom stereocenters. The fourth-order valence-corrected chi connectivity index (χ4v) is 4.13. The molecule has 0 saturated heterocycles. The Kier molecular flexibility index (Phi) is 5.53. The highest BCUT2D eigenvalue weighted by molar-refractivity contribution is 7.99. The van der Waals surface area contributed by atoms with E-state index in [-0.39, 0.29) is 11.5 Å². The van der Waals surface area contributed by atoms with Crippen molar-refractivity contribution in [3.05, 3.63) is 57.8 Å². The van der Waals surface area contributed by atoms with Gasteiger partial charge in [-0.15, -0.1) is 11.3 Å². The summed E-state index contributed by atoms with van der Waals surface area (Å²) in [4.78, 5) is 21.0. The lowest BCUT2D eigenvalue weighted by Gasteiger charge is -2.08. The topological polar surface area (TPSA) is 71.6 Å². The van der Waals surface area contributed by atoms with Gasteiger partial charge in [0.2, 0.25) is 0 Å². The number of nitriles is 1. The second-order valence-corrected chi connectivity index (χ2v) is 7.47. The van der Waals surface area contributed by atoms with Crippen molar-refractivity contribution < 1.29 is 4.79 Å². The second kappa shape index (κ2) is 7.83. The third-order valence-electron chi connectivity index (χ3n) is 3.37. The standard InChI is InChI=1S/C17H13ClN4OS2/c1-11-9-24-16(21-11)14(8-19)15(23)10-25-17-20-5-6-22(17)13-4-2-3-12(18)7-13/h2-7,9,14H,10H2,1H3. The number of aryl methyl sites for hydroxylation is 1. The van der Waals surface area contributed by atoms with Crippen LogP contribution in [0.5, 0.6) is 0 Å². The summed E-state index contributed by atoms with van der Waals surface area (Å²) in [6.45, 7) is 1.84. The van der Waals surface area contributed by atoms with Crippen molar-refractivity contribution in [3.63, 3.8) is 0 Å². The highest BCUT2D eigenvalue weighted by Gasteiger charge is 2.23. The molecule has 0 amide bonds. The highest BCUT2D eigenvalue weighted by atomic mass is 35.5. The number of rotatable bonds is 6. The SMILES string of the molecule is Cc1csc(C(C#N)C(=O)CSc2nccn2-c2cccc(Cl)c2)n1. The van der Waals surface area contributed by atoms with Crippen LogP contribution in [0.15, 0.2) is 47.2 Å². The molecule has 0 N–H and O–H groups in total. The molecule has 2 aromatic heterocycles. The first-order chi connectivity index (χ1) is 12.1. The number of nitrogens with zero attached hydrogens (tertiary/aromatic N) is 4. The molecule has 0 saturated carbocycles. The van der Waals surface area contributed by atoms with Crippen LogP contribution in [0.25, 0.3) is 5.69 Å². The van der Waals surface area contributed by atoms with E-state index in [1.165, 1.54) is 23.1 Å². The van der Waals surface area contributed by atoms with Gasteiger partial charge in [0.1, 0.15) is 5.01 Å². The van der Waals surface area contributed by atoms with Gasteiger partial charge in [-0.1, -0.05) is 29.4 Å². The van der Waals surface area contributed by atoms with E-state index in [9.17, 15) is 10.1 Å². The zero-order chi connectivity index (χ0) is 17.8. The third-order valence-corrected chi connectivity index (χ3v) is 5.62. The molecule has 0 aliphatic heterocycles. The molecule has 1 unspecified atom stereocenters. The number of benzene rings is 1. The minimum atomic E-state index is -0.833. The van der Waals surface area contributed by atoms with Gasteiger partial charge >= 0.3 is 0 Å². The molecule has 0 aliphatic carbocycles. The van der Waals surface area contributed by atoms with Gasteiger partial charge in [-0.2, -0.15) is 5.26 Å². The van der Waals surface area contributed by atoms with Gasteiger partial charge in [-0.05, 0) is 25.1 Å². The molecule has 0 spiro atoms. The summed E-state index contributed by atoms with van der Waals surface area (Å²) < 4.78 is 1.86. The summed E-state index contributed by atoms with van der Waals surface area (Å²) in [7, 11) is 0. The number of thioether (sulfide) groups is 1. The Bertz CT molecular complexity index is 944. The number of carbonyl (C=O) groups is 1. The molecule has 5 nitrogen and oxygen atoms in total. The van der Waals surface area contributed by atoms with Gasteiger partial charge < -0.3 is 0 Å². The summed E-state index contributed by atoms with van der Waals surface area (Å²) in [6, 6.07) is 9.45. The van der Waals surface area contributed by atoms with Crippen LogP contribution < -0.4 is 0 Å². The molecular formula is C17H13ClN4OS2. The Morgan fingerprint density at radius 1 is 1.52 bits per heavy atom. The van der Waals surface area contributed by atoms with Crippen molar-refractivity contribution in [1.29, 1.82) is 5.26 Å². The highest BCUT2D eigenvalue weighted by Crippen LogP contribution is 2.26. The Hall–Kier alpha value is -2.14. The first-order valence-corrected chi connectivity index (χ1v) is 9.59. The fraction of sp³-hybridized carbons (Fsp3) is 0.176. The number of imidazole rings is 1. The Balaban J connectivity index is 1.73. The molecule has 8 heteroatoms. The number of Topliss-reactive ketones (excluding diaryl/α,β-unsaturated/α-hetero) is 1. The lowest BCUT2D eigenvalue weighted by Crippen LogP contribution is -2.13. The number of carbonyl (C=O) groups excluding carboxylic acids is 1. The Morgan fingerprint density at radius 3 is 3.04 bits per heavy atom. The predicted molar refractivity (Wildman–Crippen MR) is 99.5 cm³/mol. The molecule has 0 radical (unpaired) electrons. The summed E-state index contributed by atoms with van der Waals surface area (Å²) >= 11 is 8.66. The number of hydrogen-bond donors (Lipinski definition) is 0. The average Bonchev–Trinajstić information content (AvgIpc) is 3.23. The first kappa shape index (κ1) is 17.7. The lowest BCUT2D eigenvalue weighted by atomic mass is 10.1. The van der Waals surface area contributed by atoms with Gasteiger partial charge in [0, 0.05) is 34.2 Å². The van der Waals surface area contributed by atoms with Crippen LogP contribution >= 0.6 is 34.7 Å². The van der Waals surface area contributed by atoms with E-state index in [4.69, 9.17) is 11.6 Å². The van der Waals surface area contributed by atoms with Crippen molar-refractivity contribution in [2.24, 2.45) is 0 Å². The molecular weight excluding hydrogens is 376 g/mol. The summed E-state index contributed by atoms with van der Waals surface area (Å²) in [6.07, 6.45) is 3.48. The van der Waals surface area contributed by atoms with E-state index in [1.807, 2.05) is 41.3 Å². The van der Waals surface area contributed by atoms with E-state index in [0.717, 1.165) is 11.4 Å². The molecule has 0 aliphatic rings. The molecule has 2 heterocycles. The fourth-order valence-electron chi connectivity index (χ4n) is 2.21. The number of ketones is 1. The quantitative estimate of drug-likeness (QED) is 0.590. The van der Waals surface area contributed by atoms with E-state index in [1.54, 1.807) is 12.3 Å². The van der Waals surface area contributed by atoms with Crippen LogP contribution in [0.1, 0.15) is 16.6 Å². The summed E-state index contributed by atoms with van der Waals surface area (Å²) in [5.41, 5.74) is 1.68. The molecule has 1 aromatic carbocycles. The normalized spacial score (nSPS) is 11.9. The van der Waals surface area contributed by atoms with Crippen molar-refractivity contribution in [3.8, 4) is 11.8 Å². The molecule has 25 heavy (non-hydrogen) atoms. The van der Waals surface area contributed by atoms with Crippen molar-refractivity contribution in [2.75, 3.05) is 5.75 Å². The van der Waals surface area contributed by atoms with E-state index < -0.39 is 5.92 Å². The van der Waals surface area contributed by atoms with Crippen LogP contribution in [0, 0.1) is 18.3 Å². The van der Waals surface area contributed by atoms with Gasteiger partial charge in [-0.25, -0.2) is 9.97 Å². The van der Waals surface area contributed by atoms with E-state index in [0.29, 0.717) is 15.2 Å². The number of hydrogen-bond acceptors (Lipinski definition) is 6. The average molecular weight is 389 g/mol. The van der Waals surface area contributed by atoms with Crippen LogP contribution in [-0.2, 0) is 4.79 Å². The van der Waals surface area contributed by atoms with Crippen molar-refractivity contribution in [2.45, 2.75) is 18.0 Å². The van der Waals surface area contributed by atoms with Crippen molar-refractivity contribution >= 4 is 40.5 Å². The Morgan fingerprint density at radius 2 is 2.36 bits per heavy atom. The molecule has 0 fully saturated rings. The zero-order valence-electron chi connectivity index (χ0n) is 13.2. The summed E-state index contributed by atoms with van der Waals surface area (Å²) in [5, 5.41) is 13.0. The maximum absolute atomic E-state index is 12.4. The van der Waals surface area contributed by atoms with E-state index >= 15 is 0 Å². The first-order valence-electron chi connectivity index (χ1n) is 7.35. The van der Waals surface area contributed by atoms with Gasteiger partial charge in [-0.3, -0.25) is 9.36 Å². The third kappa shape index (κ3) is 4.10. The minimum absolute atomic E-state index is 0.147. The zero-order valence-corrected chi connectivity index (χ0v) is 15.6. The number of thiazole rings is 1. The molecule has 3 aromatic rings. The van der Waals surface area contributed by atoms with Gasteiger partial charge in [0.15, 0.2) is 16.9 Å². The molecule has 0 bridgehead atoms. The maximum atomic E-state index is 12.4. The predicted octanol–water partition coefficient (Wildman–Crippen LogP) is 4.26. The minimum Gasteiger partial charge on any atom is -0.297 e. The van der Waals surface area contributed by atoms with E-state index in [2.05, 4.69) is 16.0 Å². The smallest absolute Gasteiger partial charge is 0.173 e. The summed E-state index contributed by atoms with van der Waals surface area (Å²) in [5.74, 6) is -0.864. The molecule has 126 valence electrons. The van der Waals surface area contributed by atoms with Crippen LogP contribution in [0.3, 0.4) is 0 Å². The van der Waals surface area contributed by atoms with Gasteiger partial charge in [0.05, 0.1) is 11.8 Å². The molecule has 3 rings (SSSR count). The van der Waals surface area contributed by atoms with Crippen LogP contribution in [0.2, 0.25) is 5.02 Å². The van der Waals surface area contributed by atoms with Gasteiger partial charge in [0.25, 0.3) is 0 Å². The number of aromatic nitrogens is 3. The second-order valence-electron chi connectivity index (χ2n) is 5.20. The maximum Gasteiger partial charge on any atom is 0.173 e. The monoisotopic (exact) mass is 388 g/mol. The van der Waals surface area contributed by atoms with Crippen molar-refractivity contribution in [1.82, 2.24) is 14.5 Å².